The molecule has 5 nitrogen and oxygen atoms in total. The molecule has 0 saturated carbocycles. The smallest absolute Gasteiger partial charge is 0.263 e. The van der Waals surface area contributed by atoms with E-state index in [1.165, 1.54) is 15.9 Å². The van der Waals surface area contributed by atoms with E-state index >= 15 is 0 Å². The summed E-state index contributed by atoms with van der Waals surface area (Å²) in [4.78, 5) is 18.3. The third kappa shape index (κ3) is 3.00. The molecule has 24 heavy (non-hydrogen) atoms. The van der Waals surface area contributed by atoms with Crippen molar-refractivity contribution in [1.82, 2.24) is 14.9 Å². The highest BCUT2D eigenvalue weighted by Gasteiger charge is 2.16. The minimum atomic E-state index is -0.169. The maximum absolute atomic E-state index is 13.0. The quantitative estimate of drug-likeness (QED) is 0.555. The highest BCUT2D eigenvalue weighted by Crippen LogP contribution is 2.30. The van der Waals surface area contributed by atoms with Gasteiger partial charge < -0.3 is 5.32 Å². The van der Waals surface area contributed by atoms with Gasteiger partial charge in [-0.05, 0) is 5.56 Å². The fourth-order valence-corrected chi connectivity index (χ4v) is 3.51. The van der Waals surface area contributed by atoms with Crippen molar-refractivity contribution in [3.63, 3.8) is 0 Å². The molecule has 0 fully saturated rings. The third-order valence-corrected chi connectivity index (χ3v) is 4.53. The van der Waals surface area contributed by atoms with Gasteiger partial charge in [0.2, 0.25) is 0 Å². The molecule has 2 aromatic heterocycles. The second-order valence-corrected chi connectivity index (χ2v) is 6.05. The molecule has 0 atom stereocenters. The lowest BCUT2D eigenvalue weighted by Crippen LogP contribution is -2.28. The van der Waals surface area contributed by atoms with E-state index in [0.717, 1.165) is 11.1 Å². The van der Waals surface area contributed by atoms with Crippen LogP contribution in [0.5, 0.6) is 0 Å². The molecular formula is C18H16N4OS. The lowest BCUT2D eigenvalue weighted by atomic mass is 10.1. The first-order valence-electron chi connectivity index (χ1n) is 7.51. The first kappa shape index (κ1) is 16.1. The first-order valence-corrected chi connectivity index (χ1v) is 8.39. The van der Waals surface area contributed by atoms with E-state index in [2.05, 4.69) is 22.9 Å². The molecule has 1 N–H and O–H groups in total. The van der Waals surface area contributed by atoms with Crippen molar-refractivity contribution in [1.29, 1.82) is 5.26 Å². The number of hydrogen-bond donors (Lipinski definition) is 1. The molecule has 0 unspecified atom stereocenters. The summed E-state index contributed by atoms with van der Waals surface area (Å²) in [5, 5.41) is 14.7. The number of fused-ring (bicyclic) bond motifs is 1. The molecule has 3 rings (SSSR count). The largest absolute Gasteiger partial charge is 0.306 e. The summed E-state index contributed by atoms with van der Waals surface area (Å²) in [6.07, 6.45) is 1.74. The van der Waals surface area contributed by atoms with Gasteiger partial charge in [-0.3, -0.25) is 9.36 Å². The third-order valence-electron chi connectivity index (χ3n) is 3.66. The van der Waals surface area contributed by atoms with Crippen LogP contribution in [-0.4, -0.2) is 16.1 Å². The second-order valence-electron chi connectivity index (χ2n) is 5.19. The SMILES string of the molecule is C=CCNCc1nc2scc(-c3ccccc3)c2c(=O)n1CC#N. The molecule has 6 heteroatoms. The van der Waals surface area contributed by atoms with Crippen molar-refractivity contribution in [3.05, 3.63) is 64.5 Å². The number of aromatic nitrogens is 2. The highest BCUT2D eigenvalue weighted by atomic mass is 32.1. The second kappa shape index (κ2) is 7.21. The first-order chi connectivity index (χ1) is 11.8. The number of thiophene rings is 1. The fourth-order valence-electron chi connectivity index (χ4n) is 2.55. The van der Waals surface area contributed by atoms with Crippen LogP contribution >= 0.6 is 11.3 Å². The van der Waals surface area contributed by atoms with Gasteiger partial charge in [0, 0.05) is 17.5 Å². The Morgan fingerprint density at radius 2 is 2.17 bits per heavy atom. The van der Waals surface area contributed by atoms with Gasteiger partial charge in [0.05, 0.1) is 18.0 Å². The van der Waals surface area contributed by atoms with Gasteiger partial charge in [-0.15, -0.1) is 17.9 Å². The molecule has 1 aromatic carbocycles. The Labute approximate surface area is 143 Å². The topological polar surface area (TPSA) is 70.7 Å². The van der Waals surface area contributed by atoms with Crippen molar-refractivity contribution in [2.75, 3.05) is 6.54 Å². The summed E-state index contributed by atoms with van der Waals surface area (Å²) in [7, 11) is 0. The number of nitrogens with zero attached hydrogens (tertiary/aromatic N) is 3. The van der Waals surface area contributed by atoms with E-state index in [4.69, 9.17) is 5.26 Å². The molecule has 0 radical (unpaired) electrons. The summed E-state index contributed by atoms with van der Waals surface area (Å²) in [6, 6.07) is 11.8. The van der Waals surface area contributed by atoms with Crippen LogP contribution in [0.25, 0.3) is 21.3 Å². The van der Waals surface area contributed by atoms with Gasteiger partial charge >= 0.3 is 0 Å². The average molecular weight is 336 g/mol. The molecule has 3 aromatic rings. The molecule has 0 bridgehead atoms. The highest BCUT2D eigenvalue weighted by molar-refractivity contribution is 7.17. The van der Waals surface area contributed by atoms with Crippen molar-refractivity contribution >= 4 is 21.6 Å². The zero-order valence-electron chi connectivity index (χ0n) is 13.0. The van der Waals surface area contributed by atoms with Crippen molar-refractivity contribution < 1.29 is 0 Å². The summed E-state index contributed by atoms with van der Waals surface area (Å²) >= 11 is 1.45. The Morgan fingerprint density at radius 3 is 2.88 bits per heavy atom. The molecule has 0 aliphatic heterocycles. The number of benzene rings is 1. The fraction of sp³-hybridized carbons (Fsp3) is 0.167. The normalized spacial score (nSPS) is 10.6. The van der Waals surface area contributed by atoms with Crippen LogP contribution in [-0.2, 0) is 13.1 Å². The van der Waals surface area contributed by atoms with Crippen LogP contribution < -0.4 is 10.9 Å². The Hall–Kier alpha value is -2.75. The molecule has 0 saturated heterocycles. The van der Waals surface area contributed by atoms with Gasteiger partial charge in [-0.25, -0.2) is 4.98 Å². The van der Waals surface area contributed by atoms with E-state index in [-0.39, 0.29) is 12.1 Å². The monoisotopic (exact) mass is 336 g/mol. The maximum atomic E-state index is 13.0. The Bertz CT molecular complexity index is 966. The predicted molar refractivity (Wildman–Crippen MR) is 96.8 cm³/mol. The van der Waals surface area contributed by atoms with Crippen molar-refractivity contribution in [2.24, 2.45) is 0 Å². The molecule has 0 aliphatic carbocycles. The number of hydrogen-bond acceptors (Lipinski definition) is 5. The summed E-state index contributed by atoms with van der Waals surface area (Å²) in [6.45, 7) is 4.66. The zero-order chi connectivity index (χ0) is 16.9. The minimum Gasteiger partial charge on any atom is -0.306 e. The number of nitriles is 1. The molecule has 0 spiro atoms. The minimum absolute atomic E-state index is 0.0169. The van der Waals surface area contributed by atoms with Crippen molar-refractivity contribution in [2.45, 2.75) is 13.1 Å². The summed E-state index contributed by atoms with van der Waals surface area (Å²) < 4.78 is 1.44. The van der Waals surface area contributed by atoms with Crippen LogP contribution in [0.2, 0.25) is 0 Å². The van der Waals surface area contributed by atoms with E-state index in [1.807, 2.05) is 35.7 Å². The summed E-state index contributed by atoms with van der Waals surface area (Å²) in [5.74, 6) is 0.567. The maximum Gasteiger partial charge on any atom is 0.263 e. The van der Waals surface area contributed by atoms with Gasteiger partial charge in [-0.1, -0.05) is 36.4 Å². The molecule has 0 aliphatic rings. The number of nitrogens with one attached hydrogen (secondary N) is 1. The van der Waals surface area contributed by atoms with E-state index in [9.17, 15) is 4.79 Å². The standard InChI is InChI=1S/C18H16N4OS/c1-2-9-20-11-15-21-17-16(18(23)22(15)10-8-19)14(12-24-17)13-6-4-3-5-7-13/h2-7,12,20H,1,9-11H2. The van der Waals surface area contributed by atoms with Crippen molar-refractivity contribution in [3.8, 4) is 17.2 Å². The van der Waals surface area contributed by atoms with Gasteiger partial charge in [0.15, 0.2) is 0 Å². The predicted octanol–water partition coefficient (Wildman–Crippen LogP) is 2.92. The Balaban J connectivity index is 2.17. The van der Waals surface area contributed by atoms with Crippen LogP contribution in [0, 0.1) is 11.3 Å². The Kier molecular flexibility index (Phi) is 4.85. The molecule has 0 amide bonds. The zero-order valence-corrected chi connectivity index (χ0v) is 13.8. The number of rotatable bonds is 6. The van der Waals surface area contributed by atoms with Gasteiger partial charge in [0.25, 0.3) is 5.56 Å². The van der Waals surface area contributed by atoms with E-state index < -0.39 is 0 Å². The molecule has 2 heterocycles. The van der Waals surface area contributed by atoms with Crippen LogP contribution in [0.15, 0.2) is 53.2 Å². The lowest BCUT2D eigenvalue weighted by molar-refractivity contribution is 0.636. The molecular weight excluding hydrogens is 320 g/mol. The Morgan fingerprint density at radius 1 is 1.38 bits per heavy atom. The van der Waals surface area contributed by atoms with Crippen LogP contribution in [0.1, 0.15) is 5.82 Å². The van der Waals surface area contributed by atoms with E-state index in [0.29, 0.717) is 29.1 Å². The van der Waals surface area contributed by atoms with Gasteiger partial charge in [-0.2, -0.15) is 5.26 Å². The van der Waals surface area contributed by atoms with Crippen LogP contribution in [0.3, 0.4) is 0 Å². The van der Waals surface area contributed by atoms with Gasteiger partial charge in [0.1, 0.15) is 17.2 Å². The lowest BCUT2D eigenvalue weighted by Gasteiger charge is -2.10. The van der Waals surface area contributed by atoms with Crippen LogP contribution in [0.4, 0.5) is 0 Å². The summed E-state index contributed by atoms with van der Waals surface area (Å²) in [5.41, 5.74) is 1.67. The average Bonchev–Trinajstić information content (AvgIpc) is 3.03. The molecule has 120 valence electrons. The van der Waals surface area contributed by atoms with E-state index in [1.54, 1.807) is 6.08 Å².